The van der Waals surface area contributed by atoms with Gasteiger partial charge in [-0.2, -0.15) is 0 Å². The van der Waals surface area contributed by atoms with Crippen LogP contribution >= 0.6 is 0 Å². The largest absolute Gasteiger partial charge is 0.493 e. The molecule has 3 heterocycles. The molecule has 174 valence electrons. The van der Waals surface area contributed by atoms with Crippen molar-refractivity contribution in [2.75, 3.05) is 38.7 Å². The number of esters is 1. The molecule has 2 aromatic carbocycles. The minimum atomic E-state index is -0.233. The highest BCUT2D eigenvalue weighted by molar-refractivity contribution is 5.93. The summed E-state index contributed by atoms with van der Waals surface area (Å²) in [5.74, 6) is 4.47. The fraction of sp³-hybridized carbons (Fsp3) is 0.346. The molecule has 0 amide bonds. The monoisotopic (exact) mass is 458 g/mol. The molecule has 1 N–H and O–H groups in total. The van der Waals surface area contributed by atoms with Crippen molar-refractivity contribution in [1.29, 1.82) is 0 Å². The van der Waals surface area contributed by atoms with Crippen molar-refractivity contribution in [3.05, 3.63) is 48.3 Å². The van der Waals surface area contributed by atoms with Gasteiger partial charge in [0.1, 0.15) is 17.7 Å². The van der Waals surface area contributed by atoms with Crippen LogP contribution < -0.4 is 14.8 Å². The molecule has 1 spiro atoms. The molecule has 0 aliphatic carbocycles. The normalized spacial score (nSPS) is 16.6. The van der Waals surface area contributed by atoms with E-state index in [0.717, 1.165) is 54.6 Å². The van der Waals surface area contributed by atoms with Crippen molar-refractivity contribution in [3.8, 4) is 23.8 Å². The maximum Gasteiger partial charge on any atom is 0.306 e. The first-order chi connectivity index (χ1) is 16.6. The number of nitrogens with one attached hydrogen (secondary N) is 1. The molecule has 2 aliphatic rings. The Hall–Kier alpha value is -3.83. The first kappa shape index (κ1) is 22.0. The van der Waals surface area contributed by atoms with E-state index in [-0.39, 0.29) is 11.6 Å². The number of methoxy groups -OCH3 is 1. The molecular formula is C26H26N4O4. The van der Waals surface area contributed by atoms with Crippen molar-refractivity contribution in [2.24, 2.45) is 0 Å². The maximum atomic E-state index is 11.4. The van der Waals surface area contributed by atoms with Crippen LogP contribution in [0.25, 0.3) is 10.9 Å². The van der Waals surface area contributed by atoms with E-state index in [9.17, 15) is 4.79 Å². The van der Waals surface area contributed by atoms with Crippen LogP contribution in [-0.4, -0.2) is 59.8 Å². The molecule has 8 nitrogen and oxygen atoms in total. The van der Waals surface area contributed by atoms with Gasteiger partial charge in [-0.15, -0.1) is 6.42 Å². The summed E-state index contributed by atoms with van der Waals surface area (Å²) in [5.41, 5.74) is 2.14. The van der Waals surface area contributed by atoms with Crippen LogP contribution in [-0.2, 0) is 9.53 Å². The summed E-state index contributed by atoms with van der Waals surface area (Å²) in [6.07, 6.45) is 9.25. The third-order valence-corrected chi connectivity index (χ3v) is 6.23. The second-order valence-electron chi connectivity index (χ2n) is 8.66. The molecule has 0 radical (unpaired) electrons. The zero-order valence-corrected chi connectivity index (χ0v) is 19.0. The molecule has 2 fully saturated rings. The van der Waals surface area contributed by atoms with Gasteiger partial charge in [-0.1, -0.05) is 12.0 Å². The smallest absolute Gasteiger partial charge is 0.306 e. The Kier molecular flexibility index (Phi) is 5.95. The van der Waals surface area contributed by atoms with Gasteiger partial charge in [-0.3, -0.25) is 9.69 Å². The van der Waals surface area contributed by atoms with Gasteiger partial charge >= 0.3 is 5.97 Å². The lowest BCUT2D eigenvalue weighted by Gasteiger charge is -2.46. The molecule has 0 bridgehead atoms. The van der Waals surface area contributed by atoms with E-state index < -0.39 is 0 Å². The molecular weight excluding hydrogens is 432 g/mol. The molecule has 2 saturated heterocycles. The van der Waals surface area contributed by atoms with Gasteiger partial charge in [0.05, 0.1) is 19.2 Å². The number of hydrogen-bond acceptors (Lipinski definition) is 8. The van der Waals surface area contributed by atoms with Crippen molar-refractivity contribution in [2.45, 2.75) is 24.9 Å². The average molecular weight is 459 g/mol. The van der Waals surface area contributed by atoms with E-state index in [1.165, 1.54) is 6.33 Å². The zero-order valence-electron chi connectivity index (χ0n) is 19.0. The summed E-state index contributed by atoms with van der Waals surface area (Å²) in [6, 6.07) is 11.3. The van der Waals surface area contributed by atoms with Crippen LogP contribution in [0.15, 0.2) is 42.7 Å². The molecule has 5 rings (SSSR count). The van der Waals surface area contributed by atoms with Crippen molar-refractivity contribution in [3.63, 3.8) is 0 Å². The number of terminal acetylenes is 1. The predicted molar refractivity (Wildman–Crippen MR) is 128 cm³/mol. The van der Waals surface area contributed by atoms with E-state index in [1.54, 1.807) is 7.11 Å². The van der Waals surface area contributed by atoms with Gasteiger partial charge in [0.25, 0.3) is 0 Å². The number of carbonyl (C=O) groups is 1. The minimum Gasteiger partial charge on any atom is -0.493 e. The molecule has 34 heavy (non-hydrogen) atoms. The first-order valence-electron chi connectivity index (χ1n) is 11.3. The van der Waals surface area contributed by atoms with Crippen LogP contribution in [0.2, 0.25) is 0 Å². The summed E-state index contributed by atoms with van der Waals surface area (Å²) in [5, 5.41) is 4.14. The van der Waals surface area contributed by atoms with E-state index >= 15 is 0 Å². The van der Waals surface area contributed by atoms with E-state index in [0.29, 0.717) is 30.3 Å². The summed E-state index contributed by atoms with van der Waals surface area (Å²) in [6.45, 7) is 3.04. The van der Waals surface area contributed by atoms with Crippen LogP contribution in [0.5, 0.6) is 11.5 Å². The number of rotatable bonds is 8. The number of fused-ring (bicyclic) bond motifs is 1. The number of likely N-dealkylation sites (tertiary alicyclic amines) is 1. The molecule has 8 heteroatoms. The lowest BCUT2D eigenvalue weighted by Crippen LogP contribution is -2.61. The van der Waals surface area contributed by atoms with Crippen LogP contribution in [0, 0.1) is 12.3 Å². The van der Waals surface area contributed by atoms with Gasteiger partial charge in [0.2, 0.25) is 0 Å². The Morgan fingerprint density at radius 3 is 2.88 bits per heavy atom. The fourth-order valence-corrected chi connectivity index (χ4v) is 4.55. The summed E-state index contributed by atoms with van der Waals surface area (Å²) < 4.78 is 17.1. The average Bonchev–Trinajstić information content (AvgIpc) is 3.23. The van der Waals surface area contributed by atoms with Crippen LogP contribution in [0.3, 0.4) is 0 Å². The van der Waals surface area contributed by atoms with E-state index in [1.807, 2.05) is 36.4 Å². The van der Waals surface area contributed by atoms with Crippen molar-refractivity contribution >= 4 is 28.4 Å². The highest BCUT2D eigenvalue weighted by Gasteiger charge is 2.49. The lowest BCUT2D eigenvalue weighted by molar-refractivity contribution is -0.163. The molecule has 2 aliphatic heterocycles. The Bertz CT molecular complexity index is 1260. The zero-order chi connectivity index (χ0) is 23.5. The molecule has 3 aromatic rings. The van der Waals surface area contributed by atoms with E-state index in [4.69, 9.17) is 20.6 Å². The maximum absolute atomic E-state index is 11.4. The third kappa shape index (κ3) is 4.47. The Balaban J connectivity index is 1.25. The number of nitrogens with zero attached hydrogens (tertiary/aromatic N) is 3. The second kappa shape index (κ2) is 9.20. The van der Waals surface area contributed by atoms with E-state index in [2.05, 4.69) is 26.1 Å². The molecule has 0 saturated carbocycles. The highest BCUT2D eigenvalue weighted by Crippen LogP contribution is 2.36. The highest BCUT2D eigenvalue weighted by atomic mass is 16.6. The number of ether oxygens (including phenoxy) is 3. The first-order valence-corrected chi connectivity index (χ1v) is 11.3. The fourth-order valence-electron chi connectivity index (χ4n) is 4.55. The quantitative estimate of drug-likeness (QED) is 0.312. The number of carbonyl (C=O) groups excluding carboxylic acids is 1. The van der Waals surface area contributed by atoms with Crippen molar-refractivity contribution < 1.29 is 19.0 Å². The predicted octanol–water partition coefficient (Wildman–Crippen LogP) is 3.52. The van der Waals surface area contributed by atoms with Gasteiger partial charge < -0.3 is 19.5 Å². The van der Waals surface area contributed by atoms with Crippen LogP contribution in [0.4, 0.5) is 11.5 Å². The van der Waals surface area contributed by atoms with Gasteiger partial charge in [0.15, 0.2) is 11.5 Å². The molecule has 0 atom stereocenters. The standard InChI is InChI=1S/C26H26N4O4/c1-3-18-6-4-7-19(12-18)29-25-20-13-23(22(32-2)14-21(20)27-17-28-25)33-11-5-10-30-15-26(16-30)9-8-24(31)34-26/h1,4,6-7,12-14,17H,5,8-11,15-16H2,2H3,(H,27,28,29). The molecule has 1 aromatic heterocycles. The number of benzene rings is 2. The van der Waals surface area contributed by atoms with Gasteiger partial charge in [-0.25, -0.2) is 9.97 Å². The molecule has 0 unspecified atom stereocenters. The lowest BCUT2D eigenvalue weighted by atomic mass is 9.91. The number of anilines is 2. The number of aromatic nitrogens is 2. The SMILES string of the molecule is C#Cc1cccc(Nc2ncnc3cc(OC)c(OCCCN4CC5(CCC(=O)O5)C4)cc23)c1. The van der Waals surface area contributed by atoms with Crippen molar-refractivity contribution in [1.82, 2.24) is 14.9 Å². The topological polar surface area (TPSA) is 85.8 Å². The Morgan fingerprint density at radius 2 is 2.12 bits per heavy atom. The summed E-state index contributed by atoms with van der Waals surface area (Å²) in [4.78, 5) is 22.5. The third-order valence-electron chi connectivity index (χ3n) is 6.23. The number of hydrogen-bond donors (Lipinski definition) is 1. The summed E-state index contributed by atoms with van der Waals surface area (Å²) >= 11 is 0. The second-order valence-corrected chi connectivity index (χ2v) is 8.66. The van der Waals surface area contributed by atoms with Gasteiger partial charge in [-0.05, 0) is 30.7 Å². The Morgan fingerprint density at radius 1 is 1.24 bits per heavy atom. The minimum absolute atomic E-state index is 0.0760. The Labute approximate surface area is 198 Å². The van der Waals surface area contributed by atoms with Crippen LogP contribution in [0.1, 0.15) is 24.8 Å². The summed E-state index contributed by atoms with van der Waals surface area (Å²) in [7, 11) is 1.61. The van der Waals surface area contributed by atoms with Gasteiger partial charge in [0, 0.05) is 55.2 Å².